The number of benzene rings is 2. The van der Waals surface area contributed by atoms with Crippen molar-refractivity contribution in [3.8, 4) is 0 Å². The fraction of sp³-hybridized carbons (Fsp3) is 0.435. The van der Waals surface area contributed by atoms with Crippen molar-refractivity contribution in [1.82, 2.24) is 10.2 Å². The quantitative estimate of drug-likeness (QED) is 0.703. The number of aryl methyl sites for hydroxylation is 2. The van der Waals surface area contributed by atoms with Gasteiger partial charge in [0.2, 0.25) is 0 Å². The maximum atomic E-state index is 12.9. The van der Waals surface area contributed by atoms with Crippen LogP contribution in [0.3, 0.4) is 0 Å². The number of carbonyl (C=O) groups is 1. The second kappa shape index (κ2) is 8.78. The summed E-state index contributed by atoms with van der Waals surface area (Å²) in [5, 5.41) is 3.04. The lowest BCUT2D eigenvalue weighted by atomic mass is 9.95. The number of hydrogen-bond acceptors (Lipinski definition) is 4. The van der Waals surface area contributed by atoms with E-state index in [1.54, 1.807) is 18.2 Å². The molecule has 6 nitrogen and oxygen atoms in total. The Kier molecular flexibility index (Phi) is 6.53. The van der Waals surface area contributed by atoms with Crippen LogP contribution in [0.2, 0.25) is 0 Å². The minimum atomic E-state index is -3.79. The minimum absolute atomic E-state index is 0.0275. The van der Waals surface area contributed by atoms with Crippen molar-refractivity contribution in [2.24, 2.45) is 0 Å². The summed E-state index contributed by atoms with van der Waals surface area (Å²) in [5.74, 6) is -0.243. The average molecular weight is 430 g/mol. The maximum Gasteiger partial charge on any atom is 0.261 e. The van der Waals surface area contributed by atoms with E-state index in [9.17, 15) is 13.2 Å². The van der Waals surface area contributed by atoms with Gasteiger partial charge in [0, 0.05) is 23.3 Å². The Morgan fingerprint density at radius 3 is 2.27 bits per heavy atom. The molecule has 1 saturated carbocycles. The van der Waals surface area contributed by atoms with Crippen molar-refractivity contribution < 1.29 is 13.2 Å². The summed E-state index contributed by atoms with van der Waals surface area (Å²) >= 11 is 0. The van der Waals surface area contributed by atoms with Gasteiger partial charge in [-0.1, -0.05) is 36.6 Å². The van der Waals surface area contributed by atoms with Crippen LogP contribution in [0.5, 0.6) is 0 Å². The van der Waals surface area contributed by atoms with Gasteiger partial charge < -0.3 is 10.2 Å². The van der Waals surface area contributed by atoms with Gasteiger partial charge >= 0.3 is 0 Å². The molecular formula is C23H31N3O3S. The Balaban J connectivity index is 1.78. The molecule has 0 spiro atoms. The highest BCUT2D eigenvalue weighted by Gasteiger charge is 2.36. The molecular weight excluding hydrogens is 398 g/mol. The van der Waals surface area contributed by atoms with Gasteiger partial charge in [-0.05, 0) is 70.6 Å². The predicted molar refractivity (Wildman–Crippen MR) is 120 cm³/mol. The maximum absolute atomic E-state index is 12.9. The lowest BCUT2D eigenvalue weighted by molar-refractivity contribution is 0.0899. The largest absolute Gasteiger partial charge is 0.350 e. The number of hydrogen-bond donors (Lipinski definition) is 2. The second-order valence-electron chi connectivity index (χ2n) is 8.46. The number of nitrogens with one attached hydrogen (secondary N) is 2. The highest BCUT2D eigenvalue weighted by atomic mass is 32.2. The first kappa shape index (κ1) is 22.3. The number of rotatable bonds is 7. The van der Waals surface area contributed by atoms with Gasteiger partial charge in [0.05, 0.1) is 4.90 Å². The normalized spacial score (nSPS) is 15.9. The molecule has 30 heavy (non-hydrogen) atoms. The number of sulfonamides is 1. The third-order valence-corrected chi connectivity index (χ3v) is 7.51. The average Bonchev–Trinajstić information content (AvgIpc) is 3.18. The molecule has 1 aliphatic rings. The fourth-order valence-corrected chi connectivity index (χ4v) is 5.09. The Morgan fingerprint density at radius 1 is 1.03 bits per heavy atom. The van der Waals surface area contributed by atoms with Crippen LogP contribution in [-0.4, -0.2) is 45.4 Å². The zero-order chi connectivity index (χ0) is 21.9. The lowest BCUT2D eigenvalue weighted by Crippen LogP contribution is -2.50. The topological polar surface area (TPSA) is 78.5 Å². The standard InChI is InChI=1S/C23H31N3O3S/c1-17-7-10-19(11-8-17)25-30(28,29)20-12-9-18(2)21(15-20)22(27)24-16-23(26(3)4)13-5-6-14-23/h7-12,15,25H,5-6,13-14,16H2,1-4H3,(H,24,27). The number of likely N-dealkylation sites (N-methyl/N-ethyl adjacent to an activating group) is 1. The van der Waals surface area contributed by atoms with Crippen LogP contribution >= 0.6 is 0 Å². The van der Waals surface area contributed by atoms with Gasteiger partial charge in [-0.15, -0.1) is 0 Å². The van der Waals surface area contributed by atoms with Gasteiger partial charge in [0.15, 0.2) is 0 Å². The molecule has 2 N–H and O–H groups in total. The molecule has 1 aliphatic carbocycles. The van der Waals surface area contributed by atoms with Crippen LogP contribution in [0.15, 0.2) is 47.4 Å². The first-order valence-electron chi connectivity index (χ1n) is 10.3. The third-order valence-electron chi connectivity index (χ3n) is 6.13. The second-order valence-corrected chi connectivity index (χ2v) is 10.1. The molecule has 0 aromatic heterocycles. The van der Waals surface area contributed by atoms with Crippen LogP contribution < -0.4 is 10.0 Å². The van der Waals surface area contributed by atoms with E-state index < -0.39 is 10.0 Å². The summed E-state index contributed by atoms with van der Waals surface area (Å²) in [6.07, 6.45) is 4.42. The fourth-order valence-electron chi connectivity index (χ4n) is 4.00. The Hall–Kier alpha value is -2.38. The van der Waals surface area contributed by atoms with E-state index in [2.05, 4.69) is 14.9 Å². The molecule has 1 amide bonds. The van der Waals surface area contributed by atoms with Gasteiger partial charge in [0.1, 0.15) is 0 Å². The van der Waals surface area contributed by atoms with E-state index in [1.165, 1.54) is 12.1 Å². The number of nitrogens with zero attached hydrogens (tertiary/aromatic N) is 1. The van der Waals surface area contributed by atoms with Crippen LogP contribution in [0.4, 0.5) is 5.69 Å². The predicted octanol–water partition coefficient (Wildman–Crippen LogP) is 3.71. The van der Waals surface area contributed by atoms with E-state index in [0.717, 1.165) is 36.8 Å². The number of carbonyl (C=O) groups excluding carboxylic acids is 1. The molecule has 1 fully saturated rings. The first-order chi connectivity index (χ1) is 14.1. The minimum Gasteiger partial charge on any atom is -0.350 e. The molecule has 3 rings (SSSR count). The molecule has 2 aromatic carbocycles. The summed E-state index contributed by atoms with van der Waals surface area (Å²) in [6, 6.07) is 11.8. The molecule has 7 heteroatoms. The summed E-state index contributed by atoms with van der Waals surface area (Å²) in [5.41, 5.74) is 2.63. The van der Waals surface area contributed by atoms with Gasteiger partial charge in [-0.25, -0.2) is 8.42 Å². The zero-order valence-electron chi connectivity index (χ0n) is 18.2. The van der Waals surface area contributed by atoms with Crippen molar-refractivity contribution in [2.75, 3.05) is 25.4 Å². The van der Waals surface area contributed by atoms with Crippen LogP contribution in [0.25, 0.3) is 0 Å². The van der Waals surface area contributed by atoms with E-state index >= 15 is 0 Å². The highest BCUT2D eigenvalue weighted by molar-refractivity contribution is 7.92. The summed E-state index contributed by atoms with van der Waals surface area (Å²) < 4.78 is 28.2. The monoisotopic (exact) mass is 429 g/mol. The Morgan fingerprint density at radius 2 is 1.67 bits per heavy atom. The van der Waals surface area contributed by atoms with E-state index in [4.69, 9.17) is 0 Å². The van der Waals surface area contributed by atoms with Crippen molar-refractivity contribution in [2.45, 2.75) is 50.0 Å². The Bertz CT molecular complexity index is 1010. The molecule has 0 bridgehead atoms. The smallest absolute Gasteiger partial charge is 0.261 e. The molecule has 0 aliphatic heterocycles. The molecule has 0 heterocycles. The molecule has 0 radical (unpaired) electrons. The SMILES string of the molecule is Cc1ccc(NS(=O)(=O)c2ccc(C)c(C(=O)NCC3(N(C)C)CCCC3)c2)cc1. The third kappa shape index (κ3) is 4.84. The zero-order valence-corrected chi connectivity index (χ0v) is 19.0. The van der Waals surface area contributed by atoms with E-state index in [1.807, 2.05) is 40.1 Å². The molecule has 2 aromatic rings. The summed E-state index contributed by atoms with van der Waals surface area (Å²) in [7, 11) is 0.303. The summed E-state index contributed by atoms with van der Waals surface area (Å²) in [6.45, 7) is 4.31. The molecule has 0 saturated heterocycles. The number of amides is 1. The van der Waals surface area contributed by atoms with Crippen LogP contribution in [0.1, 0.15) is 47.2 Å². The summed E-state index contributed by atoms with van der Waals surface area (Å²) in [4.78, 5) is 15.2. The Labute approximate surface area is 179 Å². The van der Waals surface area contributed by atoms with Crippen LogP contribution in [0, 0.1) is 13.8 Å². The molecule has 0 atom stereocenters. The van der Waals surface area contributed by atoms with E-state index in [0.29, 0.717) is 17.8 Å². The van der Waals surface area contributed by atoms with Crippen molar-refractivity contribution in [1.29, 1.82) is 0 Å². The van der Waals surface area contributed by atoms with E-state index in [-0.39, 0.29) is 16.3 Å². The van der Waals surface area contributed by atoms with Crippen molar-refractivity contribution >= 4 is 21.6 Å². The lowest BCUT2D eigenvalue weighted by Gasteiger charge is -2.36. The van der Waals surface area contributed by atoms with Gasteiger partial charge in [-0.2, -0.15) is 0 Å². The molecule has 162 valence electrons. The first-order valence-corrected chi connectivity index (χ1v) is 11.8. The van der Waals surface area contributed by atoms with Gasteiger partial charge in [0.25, 0.3) is 15.9 Å². The van der Waals surface area contributed by atoms with Gasteiger partial charge in [-0.3, -0.25) is 9.52 Å². The van der Waals surface area contributed by atoms with Crippen LogP contribution in [-0.2, 0) is 10.0 Å². The highest BCUT2D eigenvalue weighted by Crippen LogP contribution is 2.33. The molecule has 0 unspecified atom stereocenters. The van der Waals surface area contributed by atoms with Crippen molar-refractivity contribution in [3.63, 3.8) is 0 Å². The number of anilines is 1. The van der Waals surface area contributed by atoms with Crippen molar-refractivity contribution in [3.05, 3.63) is 59.2 Å².